The van der Waals surface area contributed by atoms with Gasteiger partial charge in [0.1, 0.15) is 4.88 Å². The Morgan fingerprint density at radius 3 is 2.75 bits per heavy atom. The van der Waals surface area contributed by atoms with Crippen molar-refractivity contribution in [2.75, 3.05) is 18.5 Å². The fraction of sp³-hybridized carbons (Fsp3) is 0.583. The highest BCUT2D eigenvalue weighted by Gasteiger charge is 2.18. The summed E-state index contributed by atoms with van der Waals surface area (Å²) < 4.78 is 0. The van der Waals surface area contributed by atoms with Crippen LogP contribution < -0.4 is 4.90 Å². The molecule has 0 unspecified atom stereocenters. The largest absolute Gasteiger partial charge is 0.477 e. The van der Waals surface area contributed by atoms with Gasteiger partial charge in [0.2, 0.25) is 0 Å². The minimum Gasteiger partial charge on any atom is -0.477 e. The monoisotopic (exact) mass is 239 g/mol. The number of carboxylic acids is 1. The summed E-state index contributed by atoms with van der Waals surface area (Å²) in [6, 6.07) is 3.59. The number of carboxylic acid groups (broad SMARTS) is 1. The highest BCUT2D eigenvalue weighted by Crippen LogP contribution is 2.30. The Morgan fingerprint density at radius 1 is 1.50 bits per heavy atom. The zero-order chi connectivity index (χ0) is 11.5. The van der Waals surface area contributed by atoms with Crippen molar-refractivity contribution in [1.82, 2.24) is 0 Å². The molecule has 1 aliphatic carbocycles. The van der Waals surface area contributed by atoms with Gasteiger partial charge in [0.15, 0.2) is 0 Å². The molecular weight excluding hydrogens is 222 g/mol. The molecule has 3 nitrogen and oxygen atoms in total. The molecule has 2 rings (SSSR count). The van der Waals surface area contributed by atoms with Crippen molar-refractivity contribution >= 4 is 22.3 Å². The van der Waals surface area contributed by atoms with Crippen LogP contribution in [0.4, 0.5) is 5.00 Å². The molecular formula is C12H17NO2S. The van der Waals surface area contributed by atoms with Gasteiger partial charge in [0.05, 0.1) is 5.00 Å². The van der Waals surface area contributed by atoms with Crippen LogP contribution in [0.25, 0.3) is 0 Å². The Balaban J connectivity index is 1.96. The predicted octanol–water partition coefficient (Wildman–Crippen LogP) is 3.07. The van der Waals surface area contributed by atoms with E-state index in [4.69, 9.17) is 5.11 Å². The Kier molecular flexibility index (Phi) is 3.49. The Hall–Kier alpha value is -1.03. The van der Waals surface area contributed by atoms with Gasteiger partial charge in [-0.3, -0.25) is 0 Å². The lowest BCUT2D eigenvalue weighted by molar-refractivity contribution is 0.0702. The lowest BCUT2D eigenvalue weighted by atomic mass is 10.1. The molecule has 4 heteroatoms. The van der Waals surface area contributed by atoms with Crippen molar-refractivity contribution in [3.05, 3.63) is 17.0 Å². The highest BCUT2D eigenvalue weighted by molar-refractivity contribution is 7.17. The SMILES string of the molecule is CN(CC1CCCC1)c1ccc(C(=O)O)s1. The third kappa shape index (κ3) is 2.55. The molecule has 1 heterocycles. The number of nitrogens with zero attached hydrogens (tertiary/aromatic N) is 1. The van der Waals surface area contributed by atoms with Crippen molar-refractivity contribution < 1.29 is 9.90 Å². The Bertz CT molecular complexity index is 369. The summed E-state index contributed by atoms with van der Waals surface area (Å²) in [5.74, 6) is -0.0362. The molecule has 0 aliphatic heterocycles. The third-order valence-corrected chi connectivity index (χ3v) is 4.37. The van der Waals surface area contributed by atoms with Crippen LogP contribution >= 0.6 is 11.3 Å². The van der Waals surface area contributed by atoms with Crippen LogP contribution in [0.3, 0.4) is 0 Å². The normalized spacial score (nSPS) is 16.6. The summed E-state index contributed by atoms with van der Waals surface area (Å²) in [6.07, 6.45) is 5.34. The molecule has 0 radical (unpaired) electrons. The van der Waals surface area contributed by atoms with Crippen LogP contribution in [-0.2, 0) is 0 Å². The smallest absolute Gasteiger partial charge is 0.345 e. The zero-order valence-electron chi connectivity index (χ0n) is 9.48. The maximum atomic E-state index is 10.8. The van der Waals surface area contributed by atoms with Gasteiger partial charge < -0.3 is 10.0 Å². The van der Waals surface area contributed by atoms with Crippen LogP contribution in [0.1, 0.15) is 35.4 Å². The van der Waals surface area contributed by atoms with E-state index in [-0.39, 0.29) is 0 Å². The molecule has 16 heavy (non-hydrogen) atoms. The molecule has 1 aromatic rings. The summed E-state index contributed by atoms with van der Waals surface area (Å²) in [4.78, 5) is 13.4. The molecule has 1 aliphatic rings. The van der Waals surface area contributed by atoms with E-state index >= 15 is 0 Å². The summed E-state index contributed by atoms with van der Waals surface area (Å²) in [6.45, 7) is 1.06. The fourth-order valence-corrected chi connectivity index (χ4v) is 3.13. The Morgan fingerprint density at radius 2 is 2.19 bits per heavy atom. The summed E-state index contributed by atoms with van der Waals surface area (Å²) >= 11 is 1.36. The van der Waals surface area contributed by atoms with Crippen LogP contribution in [0.2, 0.25) is 0 Å². The van der Waals surface area contributed by atoms with E-state index < -0.39 is 5.97 Å². The predicted molar refractivity (Wildman–Crippen MR) is 66.5 cm³/mol. The van der Waals surface area contributed by atoms with Crippen LogP contribution in [-0.4, -0.2) is 24.7 Å². The molecule has 0 bridgehead atoms. The van der Waals surface area contributed by atoms with E-state index in [1.807, 2.05) is 6.07 Å². The third-order valence-electron chi connectivity index (χ3n) is 3.19. The maximum Gasteiger partial charge on any atom is 0.345 e. The number of thiophene rings is 1. The van der Waals surface area contributed by atoms with Crippen molar-refractivity contribution in [1.29, 1.82) is 0 Å². The van der Waals surface area contributed by atoms with E-state index in [1.54, 1.807) is 6.07 Å². The second kappa shape index (κ2) is 4.87. The molecule has 1 aromatic heterocycles. The first-order valence-corrected chi connectivity index (χ1v) is 6.52. The second-order valence-corrected chi connectivity index (χ2v) is 5.54. The van der Waals surface area contributed by atoms with Gasteiger partial charge in [-0.1, -0.05) is 12.8 Å². The molecule has 0 atom stereocenters. The van der Waals surface area contributed by atoms with Gasteiger partial charge in [-0.15, -0.1) is 11.3 Å². The van der Waals surface area contributed by atoms with Crippen molar-refractivity contribution in [3.63, 3.8) is 0 Å². The van der Waals surface area contributed by atoms with Crippen molar-refractivity contribution in [2.24, 2.45) is 5.92 Å². The molecule has 0 spiro atoms. The number of hydrogen-bond acceptors (Lipinski definition) is 3. The highest BCUT2D eigenvalue weighted by atomic mass is 32.1. The first-order chi connectivity index (χ1) is 7.66. The van der Waals surface area contributed by atoms with Gasteiger partial charge >= 0.3 is 5.97 Å². The minimum absolute atomic E-state index is 0.424. The lowest BCUT2D eigenvalue weighted by Crippen LogP contribution is -2.22. The number of rotatable bonds is 4. The van der Waals surface area contributed by atoms with Crippen molar-refractivity contribution in [2.45, 2.75) is 25.7 Å². The molecule has 1 saturated carbocycles. The van der Waals surface area contributed by atoms with Gasteiger partial charge in [-0.05, 0) is 30.9 Å². The number of carbonyl (C=O) groups is 1. The number of hydrogen-bond donors (Lipinski definition) is 1. The lowest BCUT2D eigenvalue weighted by Gasteiger charge is -2.21. The standard InChI is InChI=1S/C12H17NO2S/c1-13(8-9-4-2-3-5-9)11-7-6-10(16-11)12(14)15/h6-7,9H,2-5,8H2,1H3,(H,14,15). The van der Waals surface area contributed by atoms with E-state index in [1.165, 1.54) is 37.0 Å². The average molecular weight is 239 g/mol. The summed E-state index contributed by atoms with van der Waals surface area (Å²) in [7, 11) is 2.05. The first kappa shape index (κ1) is 11.5. The molecule has 1 fully saturated rings. The first-order valence-electron chi connectivity index (χ1n) is 5.71. The molecule has 88 valence electrons. The Labute approximate surface area is 99.7 Å². The summed E-state index contributed by atoms with van der Waals surface area (Å²) in [5.41, 5.74) is 0. The number of anilines is 1. The molecule has 0 amide bonds. The fourth-order valence-electron chi connectivity index (χ4n) is 2.32. The van der Waals surface area contributed by atoms with Gasteiger partial charge in [0, 0.05) is 13.6 Å². The zero-order valence-corrected chi connectivity index (χ0v) is 10.3. The van der Waals surface area contributed by atoms with E-state index in [9.17, 15) is 4.79 Å². The minimum atomic E-state index is -0.828. The molecule has 1 N–H and O–H groups in total. The molecule has 0 saturated heterocycles. The van der Waals surface area contributed by atoms with Crippen molar-refractivity contribution in [3.8, 4) is 0 Å². The van der Waals surface area contributed by atoms with Gasteiger partial charge in [-0.25, -0.2) is 4.79 Å². The van der Waals surface area contributed by atoms with Gasteiger partial charge in [-0.2, -0.15) is 0 Å². The van der Waals surface area contributed by atoms with E-state index in [0.717, 1.165) is 17.5 Å². The summed E-state index contributed by atoms with van der Waals surface area (Å²) in [5, 5.41) is 9.92. The van der Waals surface area contributed by atoms with Crippen LogP contribution in [0, 0.1) is 5.92 Å². The number of aromatic carboxylic acids is 1. The van der Waals surface area contributed by atoms with E-state index in [2.05, 4.69) is 11.9 Å². The maximum absolute atomic E-state index is 10.8. The quantitative estimate of drug-likeness (QED) is 0.877. The molecule has 0 aromatic carbocycles. The van der Waals surface area contributed by atoms with Crippen LogP contribution in [0.5, 0.6) is 0 Å². The van der Waals surface area contributed by atoms with Crippen LogP contribution in [0.15, 0.2) is 12.1 Å². The van der Waals surface area contributed by atoms with E-state index in [0.29, 0.717) is 4.88 Å². The average Bonchev–Trinajstić information content (AvgIpc) is 2.86. The second-order valence-electron chi connectivity index (χ2n) is 4.47. The topological polar surface area (TPSA) is 40.5 Å². The van der Waals surface area contributed by atoms with Gasteiger partial charge in [0.25, 0.3) is 0 Å².